The van der Waals surface area contributed by atoms with Gasteiger partial charge in [-0.1, -0.05) is 6.07 Å². The van der Waals surface area contributed by atoms with Crippen LogP contribution in [0.15, 0.2) is 18.2 Å². The normalized spacial score (nSPS) is 21.8. The number of aromatic hydroxyl groups is 1. The summed E-state index contributed by atoms with van der Waals surface area (Å²) in [7, 11) is 0. The first-order valence-electron chi connectivity index (χ1n) is 5.87. The Labute approximate surface area is 113 Å². The lowest BCUT2D eigenvalue weighted by atomic mass is 10.1. The number of amides is 2. The van der Waals surface area contributed by atoms with Crippen LogP contribution in [-0.4, -0.2) is 62.6 Å². The van der Waals surface area contributed by atoms with Crippen molar-refractivity contribution in [1.29, 1.82) is 0 Å². The minimum atomic E-state index is -1.31. The number of carbonyl (C=O) groups excluding carboxylic acids is 1. The average molecular weight is 282 g/mol. The summed E-state index contributed by atoms with van der Waals surface area (Å²) >= 11 is 0. The molecule has 2 unspecified atom stereocenters. The minimum Gasteiger partial charge on any atom is -0.505 e. The van der Waals surface area contributed by atoms with Gasteiger partial charge in [-0.25, -0.2) is 9.59 Å². The maximum atomic E-state index is 11.9. The van der Waals surface area contributed by atoms with Gasteiger partial charge in [0.25, 0.3) is 0 Å². The number of β-amino-alcohol motifs (C(OH)–C–C–N with tert-alkyl or cyclic N) is 2. The number of rotatable bonds is 2. The predicted octanol–water partition coefficient (Wildman–Crippen LogP) is -0.340. The number of aliphatic hydroxyl groups is 2. The van der Waals surface area contributed by atoms with Gasteiger partial charge >= 0.3 is 12.0 Å². The molecule has 0 bridgehead atoms. The molecule has 1 fully saturated rings. The molecule has 1 heterocycles. The van der Waals surface area contributed by atoms with Gasteiger partial charge in [-0.05, 0) is 12.1 Å². The summed E-state index contributed by atoms with van der Waals surface area (Å²) in [5.74, 6) is -1.86. The fourth-order valence-electron chi connectivity index (χ4n) is 1.95. The zero-order valence-electron chi connectivity index (χ0n) is 10.4. The SMILES string of the molecule is O=C(O)c1cccc(NC(=O)N2CC(O)C(O)C2)c1O. The first kappa shape index (κ1) is 14.1. The fraction of sp³-hybridized carbons (Fsp3) is 0.333. The molecule has 0 aromatic heterocycles. The summed E-state index contributed by atoms with van der Waals surface area (Å²) in [5.41, 5.74) is -0.380. The number of aliphatic hydroxyl groups excluding tert-OH is 2. The Morgan fingerprint density at radius 1 is 1.20 bits per heavy atom. The van der Waals surface area contributed by atoms with Crippen molar-refractivity contribution in [2.75, 3.05) is 18.4 Å². The Morgan fingerprint density at radius 3 is 2.35 bits per heavy atom. The van der Waals surface area contributed by atoms with E-state index in [4.69, 9.17) is 5.11 Å². The molecule has 2 atom stereocenters. The second kappa shape index (κ2) is 5.35. The average Bonchev–Trinajstić information content (AvgIpc) is 2.72. The largest absolute Gasteiger partial charge is 0.505 e. The van der Waals surface area contributed by atoms with Crippen LogP contribution in [0.25, 0.3) is 0 Å². The van der Waals surface area contributed by atoms with Crippen molar-refractivity contribution in [3.63, 3.8) is 0 Å². The summed E-state index contributed by atoms with van der Waals surface area (Å²) in [5, 5.41) is 39.6. The molecule has 8 heteroatoms. The Hall–Kier alpha value is -2.32. The van der Waals surface area contributed by atoms with Crippen molar-refractivity contribution in [2.24, 2.45) is 0 Å². The molecule has 0 radical (unpaired) electrons. The first-order valence-corrected chi connectivity index (χ1v) is 5.87. The molecule has 1 aromatic rings. The summed E-state index contributed by atoms with van der Waals surface area (Å²) in [6, 6.07) is 3.30. The van der Waals surface area contributed by atoms with Gasteiger partial charge in [0.1, 0.15) is 5.56 Å². The first-order chi connectivity index (χ1) is 9.40. The third-order valence-electron chi connectivity index (χ3n) is 3.05. The zero-order valence-corrected chi connectivity index (χ0v) is 10.4. The van der Waals surface area contributed by atoms with Crippen molar-refractivity contribution < 1.29 is 30.0 Å². The minimum absolute atomic E-state index is 0.0353. The molecule has 108 valence electrons. The van der Waals surface area contributed by atoms with Gasteiger partial charge in [-0.15, -0.1) is 0 Å². The number of hydrogen-bond donors (Lipinski definition) is 5. The van der Waals surface area contributed by atoms with Crippen molar-refractivity contribution in [2.45, 2.75) is 12.2 Å². The molecule has 1 aliphatic rings. The summed E-state index contributed by atoms with van der Waals surface area (Å²) in [6.07, 6.45) is -2.03. The third kappa shape index (κ3) is 2.65. The highest BCUT2D eigenvalue weighted by Gasteiger charge is 2.32. The number of phenols is 1. The lowest BCUT2D eigenvalue weighted by Gasteiger charge is -2.17. The third-order valence-corrected chi connectivity index (χ3v) is 3.05. The predicted molar refractivity (Wildman–Crippen MR) is 67.7 cm³/mol. The van der Waals surface area contributed by atoms with E-state index in [1.807, 2.05) is 0 Å². The standard InChI is InChI=1S/C12H14N2O6/c15-8-4-14(5-9(8)16)12(20)13-7-3-1-2-6(10(7)17)11(18)19/h1-3,8-9,15-17H,4-5H2,(H,13,20)(H,18,19). The number of anilines is 1. The van der Waals surface area contributed by atoms with E-state index in [2.05, 4.69) is 5.32 Å². The van der Waals surface area contributed by atoms with E-state index >= 15 is 0 Å². The number of hydrogen-bond acceptors (Lipinski definition) is 5. The number of carboxylic acid groups (broad SMARTS) is 1. The molecule has 2 amide bonds. The number of carbonyl (C=O) groups is 2. The monoisotopic (exact) mass is 282 g/mol. The van der Waals surface area contributed by atoms with Crippen LogP contribution in [-0.2, 0) is 0 Å². The molecule has 20 heavy (non-hydrogen) atoms. The number of nitrogens with zero attached hydrogens (tertiary/aromatic N) is 1. The van der Waals surface area contributed by atoms with E-state index in [9.17, 15) is 24.9 Å². The Balaban J connectivity index is 2.13. The second-order valence-electron chi connectivity index (χ2n) is 4.48. The molecule has 8 nitrogen and oxygen atoms in total. The number of benzene rings is 1. The topological polar surface area (TPSA) is 130 Å². The highest BCUT2D eigenvalue weighted by atomic mass is 16.4. The highest BCUT2D eigenvalue weighted by Crippen LogP contribution is 2.28. The van der Waals surface area contributed by atoms with Crippen LogP contribution in [0.3, 0.4) is 0 Å². The number of para-hydroxylation sites is 1. The van der Waals surface area contributed by atoms with Crippen LogP contribution >= 0.6 is 0 Å². The van der Waals surface area contributed by atoms with Gasteiger partial charge in [-0.3, -0.25) is 0 Å². The molecular formula is C12H14N2O6. The van der Waals surface area contributed by atoms with Gasteiger partial charge in [0.05, 0.1) is 31.0 Å². The summed E-state index contributed by atoms with van der Waals surface area (Å²) in [6.45, 7) is -0.0707. The maximum Gasteiger partial charge on any atom is 0.339 e. The van der Waals surface area contributed by atoms with Crippen LogP contribution in [0.5, 0.6) is 5.75 Å². The molecule has 2 rings (SSSR count). The van der Waals surface area contributed by atoms with E-state index in [1.165, 1.54) is 23.1 Å². The van der Waals surface area contributed by atoms with E-state index in [0.717, 1.165) is 0 Å². The molecule has 5 N–H and O–H groups in total. The Bertz CT molecular complexity index is 537. The number of urea groups is 1. The van der Waals surface area contributed by atoms with Crippen molar-refractivity contribution in [3.05, 3.63) is 23.8 Å². The van der Waals surface area contributed by atoms with Crippen molar-refractivity contribution >= 4 is 17.7 Å². The van der Waals surface area contributed by atoms with Crippen LogP contribution < -0.4 is 5.32 Å². The van der Waals surface area contributed by atoms with Gasteiger partial charge in [0.2, 0.25) is 0 Å². The molecule has 0 aliphatic carbocycles. The van der Waals surface area contributed by atoms with Crippen LogP contribution in [0.4, 0.5) is 10.5 Å². The van der Waals surface area contributed by atoms with Crippen molar-refractivity contribution in [3.8, 4) is 5.75 Å². The molecule has 0 saturated carbocycles. The molecule has 0 spiro atoms. The van der Waals surface area contributed by atoms with Crippen LogP contribution in [0.1, 0.15) is 10.4 Å². The molecule has 1 aromatic carbocycles. The summed E-state index contributed by atoms with van der Waals surface area (Å²) in [4.78, 5) is 23.9. The maximum absolute atomic E-state index is 11.9. The van der Waals surface area contributed by atoms with Crippen LogP contribution in [0.2, 0.25) is 0 Å². The lowest BCUT2D eigenvalue weighted by Crippen LogP contribution is -2.34. The van der Waals surface area contributed by atoms with E-state index in [1.54, 1.807) is 0 Å². The van der Waals surface area contributed by atoms with E-state index in [-0.39, 0.29) is 24.3 Å². The molecule has 1 saturated heterocycles. The fourth-order valence-corrected chi connectivity index (χ4v) is 1.95. The van der Waals surface area contributed by atoms with E-state index in [0.29, 0.717) is 0 Å². The smallest absolute Gasteiger partial charge is 0.339 e. The highest BCUT2D eigenvalue weighted by molar-refractivity contribution is 5.97. The zero-order chi connectivity index (χ0) is 14.9. The molecule has 1 aliphatic heterocycles. The quantitative estimate of drug-likeness (QED) is 0.472. The van der Waals surface area contributed by atoms with Gasteiger partial charge in [0.15, 0.2) is 5.75 Å². The van der Waals surface area contributed by atoms with Crippen LogP contribution in [0, 0.1) is 0 Å². The summed E-state index contributed by atoms with van der Waals surface area (Å²) < 4.78 is 0. The van der Waals surface area contributed by atoms with Gasteiger partial charge in [-0.2, -0.15) is 0 Å². The Morgan fingerprint density at radius 2 is 1.80 bits per heavy atom. The lowest BCUT2D eigenvalue weighted by molar-refractivity contribution is 0.0572. The van der Waals surface area contributed by atoms with E-state index < -0.39 is 30.0 Å². The van der Waals surface area contributed by atoms with Crippen molar-refractivity contribution in [1.82, 2.24) is 4.90 Å². The number of aromatic carboxylic acids is 1. The number of likely N-dealkylation sites (tertiary alicyclic amines) is 1. The Kier molecular flexibility index (Phi) is 3.77. The molecular weight excluding hydrogens is 268 g/mol. The number of carboxylic acids is 1. The van der Waals surface area contributed by atoms with Gasteiger partial charge < -0.3 is 30.6 Å². The van der Waals surface area contributed by atoms with Gasteiger partial charge in [0, 0.05) is 0 Å². The number of nitrogens with one attached hydrogen (secondary N) is 1. The second-order valence-corrected chi connectivity index (χ2v) is 4.48.